The highest BCUT2D eigenvalue weighted by Crippen LogP contribution is 2.26. The number of phenols is 1. The molecule has 0 aliphatic carbocycles. The van der Waals surface area contributed by atoms with Gasteiger partial charge in [0.25, 0.3) is 0 Å². The zero-order chi connectivity index (χ0) is 12.3. The molecule has 1 aromatic rings. The highest BCUT2D eigenvalue weighted by atomic mass is 19.1. The van der Waals surface area contributed by atoms with Crippen molar-refractivity contribution in [2.24, 2.45) is 5.73 Å². The molecule has 88 valence electrons. The lowest BCUT2D eigenvalue weighted by atomic mass is 9.90. The van der Waals surface area contributed by atoms with Gasteiger partial charge in [-0.25, -0.2) is 9.18 Å². The first kappa shape index (κ1) is 12.4. The first-order valence-electron chi connectivity index (χ1n) is 4.47. The van der Waals surface area contributed by atoms with E-state index in [1.165, 1.54) is 24.3 Å². The molecule has 2 atom stereocenters. The van der Waals surface area contributed by atoms with Gasteiger partial charge in [-0.05, 0) is 17.7 Å². The maximum atomic E-state index is 12.6. The number of benzene rings is 1. The summed E-state index contributed by atoms with van der Waals surface area (Å²) in [6.45, 7) is -1.40. The summed E-state index contributed by atoms with van der Waals surface area (Å²) in [5, 5.41) is 27.4. The Hall–Kier alpha value is -1.66. The summed E-state index contributed by atoms with van der Waals surface area (Å²) < 4.78 is 12.6. The molecule has 5 nitrogen and oxygen atoms in total. The van der Waals surface area contributed by atoms with E-state index in [1.54, 1.807) is 0 Å². The Morgan fingerprint density at radius 1 is 1.44 bits per heavy atom. The van der Waals surface area contributed by atoms with E-state index < -0.39 is 24.3 Å². The van der Waals surface area contributed by atoms with Crippen LogP contribution in [0.25, 0.3) is 0 Å². The van der Waals surface area contributed by atoms with Crippen LogP contribution in [0.1, 0.15) is 11.7 Å². The molecule has 6 heteroatoms. The summed E-state index contributed by atoms with van der Waals surface area (Å²) in [4.78, 5) is 10.8. The molecule has 16 heavy (non-hydrogen) atoms. The normalized spacial score (nSPS) is 16.4. The first-order valence-corrected chi connectivity index (χ1v) is 4.47. The highest BCUT2D eigenvalue weighted by molar-refractivity contribution is 5.80. The van der Waals surface area contributed by atoms with Crippen LogP contribution in [0, 0.1) is 0 Å². The molecule has 0 amide bonds. The predicted octanol–water partition coefficient (Wildman–Crippen LogP) is 0.177. The number of hydrogen-bond donors (Lipinski definition) is 4. The van der Waals surface area contributed by atoms with Gasteiger partial charge in [-0.3, -0.25) is 0 Å². The zero-order valence-electron chi connectivity index (χ0n) is 8.30. The number of aromatic hydroxyl groups is 1. The minimum absolute atomic E-state index is 0.0471. The summed E-state index contributed by atoms with van der Waals surface area (Å²) in [5.41, 5.74) is 3.01. The topological polar surface area (TPSA) is 104 Å². The van der Waals surface area contributed by atoms with Crippen LogP contribution in [0.2, 0.25) is 0 Å². The van der Waals surface area contributed by atoms with Crippen LogP contribution < -0.4 is 5.73 Å². The Balaban J connectivity index is 3.04. The molecule has 0 spiro atoms. The van der Waals surface area contributed by atoms with E-state index in [2.05, 4.69) is 0 Å². The second-order valence-electron chi connectivity index (χ2n) is 3.47. The average molecular weight is 229 g/mol. The van der Waals surface area contributed by atoms with Gasteiger partial charge in [0.1, 0.15) is 18.5 Å². The molecule has 0 aromatic heterocycles. The van der Waals surface area contributed by atoms with Crippen molar-refractivity contribution >= 4 is 5.97 Å². The second-order valence-corrected chi connectivity index (χ2v) is 3.47. The summed E-state index contributed by atoms with van der Waals surface area (Å²) in [5.74, 6) is -1.68. The van der Waals surface area contributed by atoms with Crippen LogP contribution in [0.3, 0.4) is 0 Å². The van der Waals surface area contributed by atoms with Crippen molar-refractivity contribution in [1.82, 2.24) is 0 Å². The van der Waals surface area contributed by atoms with E-state index in [-0.39, 0.29) is 11.3 Å². The molecule has 0 heterocycles. The molecule has 1 aromatic carbocycles. The summed E-state index contributed by atoms with van der Waals surface area (Å²) >= 11 is 0. The van der Waals surface area contributed by atoms with Gasteiger partial charge in [0.15, 0.2) is 5.54 Å². The summed E-state index contributed by atoms with van der Waals surface area (Å²) in [6.07, 6.45) is -1.68. The molecule has 0 fully saturated rings. The molecular formula is C10H12FNO4. The van der Waals surface area contributed by atoms with Crippen molar-refractivity contribution in [3.05, 3.63) is 29.8 Å². The van der Waals surface area contributed by atoms with E-state index in [0.717, 1.165) is 0 Å². The third kappa shape index (κ3) is 2.12. The number of aliphatic carboxylic acids is 1. The number of alkyl halides is 1. The number of aliphatic hydroxyl groups excluding tert-OH is 1. The number of carbonyl (C=O) groups is 1. The lowest BCUT2D eigenvalue weighted by molar-refractivity contribution is -0.149. The number of carboxylic acid groups (broad SMARTS) is 1. The Kier molecular flexibility index (Phi) is 3.46. The fraction of sp³-hybridized carbons (Fsp3) is 0.300. The number of phenolic OH excluding ortho intramolecular Hbond substituents is 1. The lowest BCUT2D eigenvalue weighted by Gasteiger charge is -2.27. The van der Waals surface area contributed by atoms with Crippen molar-refractivity contribution in [1.29, 1.82) is 0 Å². The maximum Gasteiger partial charge on any atom is 0.329 e. The SMILES string of the molecule is NC(CF)(C(=O)O)C(O)c1ccc(O)cc1. The molecule has 5 N–H and O–H groups in total. The molecule has 2 unspecified atom stereocenters. The number of rotatable bonds is 4. The number of nitrogens with two attached hydrogens (primary N) is 1. The smallest absolute Gasteiger partial charge is 0.329 e. The first-order chi connectivity index (χ1) is 7.41. The Morgan fingerprint density at radius 3 is 2.31 bits per heavy atom. The second kappa shape index (κ2) is 4.46. The minimum atomic E-state index is -2.38. The van der Waals surface area contributed by atoms with Crippen molar-refractivity contribution in [3.8, 4) is 5.75 Å². The highest BCUT2D eigenvalue weighted by Gasteiger charge is 2.42. The van der Waals surface area contributed by atoms with Crippen LogP contribution >= 0.6 is 0 Å². The predicted molar refractivity (Wildman–Crippen MR) is 53.6 cm³/mol. The van der Waals surface area contributed by atoms with E-state index in [0.29, 0.717) is 0 Å². The summed E-state index contributed by atoms with van der Waals surface area (Å²) in [7, 11) is 0. The number of hydrogen-bond acceptors (Lipinski definition) is 4. The van der Waals surface area contributed by atoms with Crippen LogP contribution in [0.4, 0.5) is 4.39 Å². The molecule has 0 bridgehead atoms. The van der Waals surface area contributed by atoms with Crippen molar-refractivity contribution in [2.45, 2.75) is 11.6 Å². The molecule has 0 aliphatic rings. The Labute approximate surface area is 90.9 Å². The van der Waals surface area contributed by atoms with Gasteiger partial charge in [-0.1, -0.05) is 12.1 Å². The third-order valence-electron chi connectivity index (χ3n) is 2.32. The van der Waals surface area contributed by atoms with Gasteiger partial charge in [-0.2, -0.15) is 0 Å². The largest absolute Gasteiger partial charge is 0.508 e. The fourth-order valence-electron chi connectivity index (χ4n) is 1.20. The van der Waals surface area contributed by atoms with Gasteiger partial charge in [0.2, 0.25) is 0 Å². The van der Waals surface area contributed by atoms with E-state index >= 15 is 0 Å². The van der Waals surface area contributed by atoms with E-state index in [4.69, 9.17) is 15.9 Å². The van der Waals surface area contributed by atoms with Gasteiger partial charge < -0.3 is 21.1 Å². The lowest BCUT2D eigenvalue weighted by Crippen LogP contribution is -2.55. The Morgan fingerprint density at radius 2 is 1.94 bits per heavy atom. The quantitative estimate of drug-likeness (QED) is 0.589. The van der Waals surface area contributed by atoms with Crippen molar-refractivity contribution in [2.75, 3.05) is 6.67 Å². The summed E-state index contributed by atoms with van der Waals surface area (Å²) in [6, 6.07) is 5.05. The maximum absolute atomic E-state index is 12.6. The van der Waals surface area contributed by atoms with Gasteiger partial charge in [0.05, 0.1) is 0 Å². The van der Waals surface area contributed by atoms with Crippen LogP contribution in [-0.4, -0.2) is 33.5 Å². The number of carboxylic acids is 1. The van der Waals surface area contributed by atoms with Crippen LogP contribution in [0.5, 0.6) is 5.75 Å². The van der Waals surface area contributed by atoms with E-state index in [1.807, 2.05) is 0 Å². The third-order valence-corrected chi connectivity index (χ3v) is 2.32. The van der Waals surface area contributed by atoms with E-state index in [9.17, 15) is 14.3 Å². The molecule has 0 saturated carbocycles. The monoisotopic (exact) mass is 229 g/mol. The zero-order valence-corrected chi connectivity index (χ0v) is 8.30. The van der Waals surface area contributed by atoms with Crippen molar-refractivity contribution in [3.63, 3.8) is 0 Å². The molecule has 0 aliphatic heterocycles. The standard InChI is InChI=1S/C10H12FNO4/c11-5-10(12,9(15)16)8(14)6-1-3-7(13)4-2-6/h1-4,8,13-14H,5,12H2,(H,15,16). The van der Waals surface area contributed by atoms with Crippen LogP contribution in [-0.2, 0) is 4.79 Å². The van der Waals surface area contributed by atoms with Crippen LogP contribution in [0.15, 0.2) is 24.3 Å². The molecule has 0 saturated heterocycles. The molecule has 1 rings (SSSR count). The molecule has 0 radical (unpaired) electrons. The fourth-order valence-corrected chi connectivity index (χ4v) is 1.20. The average Bonchev–Trinajstić information content (AvgIpc) is 2.27. The number of aliphatic hydroxyl groups is 1. The van der Waals surface area contributed by atoms with Crippen molar-refractivity contribution < 1.29 is 24.5 Å². The van der Waals surface area contributed by atoms with Gasteiger partial charge >= 0.3 is 5.97 Å². The molecular weight excluding hydrogens is 217 g/mol. The minimum Gasteiger partial charge on any atom is -0.508 e. The van der Waals surface area contributed by atoms with Gasteiger partial charge in [-0.15, -0.1) is 0 Å². The Bertz CT molecular complexity index is 381. The van der Waals surface area contributed by atoms with Gasteiger partial charge in [0, 0.05) is 0 Å². The number of halogens is 1.